The van der Waals surface area contributed by atoms with Crippen LogP contribution in [-0.2, 0) is 0 Å². The van der Waals surface area contributed by atoms with Gasteiger partial charge in [-0.05, 0) is 24.7 Å². The van der Waals surface area contributed by atoms with Crippen LogP contribution in [0.2, 0.25) is 0 Å². The van der Waals surface area contributed by atoms with Gasteiger partial charge in [0.2, 0.25) is 5.82 Å². The van der Waals surface area contributed by atoms with Gasteiger partial charge < -0.3 is 10.1 Å². The van der Waals surface area contributed by atoms with Crippen molar-refractivity contribution in [2.45, 2.75) is 6.04 Å². The molecule has 100 valence electrons. The van der Waals surface area contributed by atoms with E-state index < -0.39 is 11.6 Å². The van der Waals surface area contributed by atoms with E-state index in [0.29, 0.717) is 0 Å². The Morgan fingerprint density at radius 1 is 1.05 bits per heavy atom. The summed E-state index contributed by atoms with van der Waals surface area (Å²) in [5.74, 6) is -1.93. The average molecular weight is 263 g/mol. The molecule has 0 bridgehead atoms. The Hall–Kier alpha value is -1.94. The zero-order valence-electron chi connectivity index (χ0n) is 10.6. The first-order valence-electron chi connectivity index (χ1n) is 6.01. The second-order valence-corrected chi connectivity index (χ2v) is 4.11. The second kappa shape index (κ2) is 6.29. The van der Waals surface area contributed by atoms with Gasteiger partial charge in [-0.1, -0.05) is 36.4 Å². The lowest BCUT2D eigenvalue weighted by atomic mass is 10.1. The minimum atomic E-state index is -0.953. The van der Waals surface area contributed by atoms with Crippen molar-refractivity contribution < 1.29 is 13.5 Å². The molecule has 0 saturated carbocycles. The summed E-state index contributed by atoms with van der Waals surface area (Å²) in [6.07, 6.45) is 0. The van der Waals surface area contributed by atoms with E-state index in [-0.39, 0.29) is 18.4 Å². The third kappa shape index (κ3) is 3.29. The molecule has 1 N–H and O–H groups in total. The van der Waals surface area contributed by atoms with Crippen molar-refractivity contribution >= 4 is 0 Å². The van der Waals surface area contributed by atoms with Gasteiger partial charge in [0, 0.05) is 0 Å². The van der Waals surface area contributed by atoms with E-state index in [0.717, 1.165) is 11.6 Å². The van der Waals surface area contributed by atoms with Crippen molar-refractivity contribution in [1.82, 2.24) is 5.32 Å². The monoisotopic (exact) mass is 263 g/mol. The summed E-state index contributed by atoms with van der Waals surface area (Å²) in [4.78, 5) is 0. The van der Waals surface area contributed by atoms with Crippen LogP contribution in [-0.4, -0.2) is 13.7 Å². The molecule has 4 heteroatoms. The quantitative estimate of drug-likeness (QED) is 0.893. The maximum absolute atomic E-state index is 13.4. The Labute approximate surface area is 111 Å². The predicted octanol–water partition coefficient (Wildman–Crippen LogP) is 3.30. The number of benzene rings is 2. The normalized spacial score (nSPS) is 12.2. The molecule has 0 amide bonds. The molecule has 2 aromatic carbocycles. The number of hydrogen-bond donors (Lipinski definition) is 1. The third-order valence-corrected chi connectivity index (χ3v) is 2.87. The van der Waals surface area contributed by atoms with Crippen molar-refractivity contribution in [2.75, 3.05) is 13.7 Å². The van der Waals surface area contributed by atoms with Gasteiger partial charge >= 0.3 is 0 Å². The van der Waals surface area contributed by atoms with Gasteiger partial charge in [0.15, 0.2) is 11.6 Å². The van der Waals surface area contributed by atoms with Crippen LogP contribution in [0.3, 0.4) is 0 Å². The van der Waals surface area contributed by atoms with Gasteiger partial charge in [0.1, 0.15) is 6.61 Å². The minimum absolute atomic E-state index is 0.0730. The van der Waals surface area contributed by atoms with E-state index in [1.54, 1.807) is 7.05 Å². The van der Waals surface area contributed by atoms with Crippen LogP contribution in [0, 0.1) is 11.6 Å². The smallest absolute Gasteiger partial charge is 0.200 e. The Morgan fingerprint density at radius 2 is 1.79 bits per heavy atom. The fraction of sp³-hybridized carbons (Fsp3) is 0.200. The van der Waals surface area contributed by atoms with Gasteiger partial charge in [-0.25, -0.2) is 4.39 Å². The van der Waals surface area contributed by atoms with E-state index in [9.17, 15) is 8.78 Å². The molecule has 2 rings (SSSR count). The molecule has 0 spiro atoms. The Bertz CT molecular complexity index is 531. The van der Waals surface area contributed by atoms with Crippen LogP contribution in [0.4, 0.5) is 8.78 Å². The molecule has 0 fully saturated rings. The fourth-order valence-corrected chi connectivity index (χ4v) is 1.80. The zero-order chi connectivity index (χ0) is 13.7. The fourth-order valence-electron chi connectivity index (χ4n) is 1.80. The van der Waals surface area contributed by atoms with Crippen molar-refractivity contribution in [2.24, 2.45) is 0 Å². The summed E-state index contributed by atoms with van der Waals surface area (Å²) >= 11 is 0. The highest BCUT2D eigenvalue weighted by molar-refractivity contribution is 5.25. The van der Waals surface area contributed by atoms with E-state index in [2.05, 4.69) is 5.32 Å². The van der Waals surface area contributed by atoms with Crippen LogP contribution < -0.4 is 10.1 Å². The maximum atomic E-state index is 13.4. The van der Waals surface area contributed by atoms with Crippen molar-refractivity contribution in [3.8, 4) is 5.75 Å². The molecule has 19 heavy (non-hydrogen) atoms. The average Bonchev–Trinajstić information content (AvgIpc) is 2.45. The molecule has 0 aliphatic heterocycles. The predicted molar refractivity (Wildman–Crippen MR) is 70.1 cm³/mol. The zero-order valence-corrected chi connectivity index (χ0v) is 10.6. The number of halogens is 2. The van der Waals surface area contributed by atoms with E-state index in [1.807, 2.05) is 30.3 Å². The SMILES string of the molecule is CNC(COc1cccc(F)c1F)c1ccccc1. The number of hydrogen-bond acceptors (Lipinski definition) is 2. The maximum Gasteiger partial charge on any atom is 0.200 e. The number of rotatable bonds is 5. The molecule has 2 nitrogen and oxygen atoms in total. The molecule has 0 saturated heterocycles. The summed E-state index contributed by atoms with van der Waals surface area (Å²) in [5.41, 5.74) is 1.03. The molecule has 0 heterocycles. The summed E-state index contributed by atoms with van der Waals surface area (Å²) < 4.78 is 31.8. The topological polar surface area (TPSA) is 21.3 Å². The highest BCUT2D eigenvalue weighted by Gasteiger charge is 2.13. The third-order valence-electron chi connectivity index (χ3n) is 2.87. The molecule has 2 aromatic rings. The summed E-state index contributed by atoms with van der Waals surface area (Å²) in [7, 11) is 1.79. The van der Waals surface area contributed by atoms with Gasteiger partial charge in [0.25, 0.3) is 0 Å². The van der Waals surface area contributed by atoms with Crippen LogP contribution >= 0.6 is 0 Å². The van der Waals surface area contributed by atoms with Crippen molar-refractivity contribution in [3.05, 3.63) is 65.7 Å². The number of likely N-dealkylation sites (N-methyl/N-ethyl adjacent to an activating group) is 1. The van der Waals surface area contributed by atoms with Crippen molar-refractivity contribution in [1.29, 1.82) is 0 Å². The Kier molecular flexibility index (Phi) is 4.47. The lowest BCUT2D eigenvalue weighted by Gasteiger charge is -2.17. The summed E-state index contributed by atoms with van der Waals surface area (Å²) in [6.45, 7) is 0.223. The Balaban J connectivity index is 2.06. The summed E-state index contributed by atoms with van der Waals surface area (Å²) in [6, 6.07) is 13.5. The summed E-state index contributed by atoms with van der Waals surface area (Å²) in [5, 5.41) is 3.08. The molecular weight excluding hydrogens is 248 g/mol. The minimum Gasteiger partial charge on any atom is -0.488 e. The van der Waals surface area contributed by atoms with E-state index in [4.69, 9.17) is 4.74 Å². The van der Waals surface area contributed by atoms with E-state index >= 15 is 0 Å². The molecule has 0 radical (unpaired) electrons. The van der Waals surface area contributed by atoms with Crippen LogP contribution in [0.5, 0.6) is 5.75 Å². The highest BCUT2D eigenvalue weighted by atomic mass is 19.2. The van der Waals surface area contributed by atoms with Crippen LogP contribution in [0.15, 0.2) is 48.5 Å². The molecule has 0 aliphatic carbocycles. The largest absolute Gasteiger partial charge is 0.488 e. The van der Waals surface area contributed by atoms with Gasteiger partial charge in [-0.15, -0.1) is 0 Å². The number of ether oxygens (including phenoxy) is 1. The lowest BCUT2D eigenvalue weighted by molar-refractivity contribution is 0.258. The number of nitrogens with one attached hydrogen (secondary N) is 1. The molecule has 1 unspecified atom stereocenters. The first-order valence-corrected chi connectivity index (χ1v) is 6.01. The highest BCUT2D eigenvalue weighted by Crippen LogP contribution is 2.21. The second-order valence-electron chi connectivity index (χ2n) is 4.11. The first-order chi connectivity index (χ1) is 9.22. The van der Waals surface area contributed by atoms with E-state index in [1.165, 1.54) is 12.1 Å². The molecule has 0 aromatic heterocycles. The first kappa shape index (κ1) is 13.5. The molecule has 0 aliphatic rings. The van der Waals surface area contributed by atoms with Gasteiger partial charge in [0.05, 0.1) is 6.04 Å². The van der Waals surface area contributed by atoms with Crippen LogP contribution in [0.1, 0.15) is 11.6 Å². The van der Waals surface area contributed by atoms with Crippen LogP contribution in [0.25, 0.3) is 0 Å². The molecule has 1 atom stereocenters. The molecular formula is C15H15F2NO. The van der Waals surface area contributed by atoms with Gasteiger partial charge in [-0.3, -0.25) is 0 Å². The lowest BCUT2D eigenvalue weighted by Crippen LogP contribution is -2.23. The van der Waals surface area contributed by atoms with Gasteiger partial charge in [-0.2, -0.15) is 4.39 Å². The van der Waals surface area contributed by atoms with Crippen molar-refractivity contribution in [3.63, 3.8) is 0 Å². The Morgan fingerprint density at radius 3 is 2.47 bits per heavy atom. The standard InChI is InChI=1S/C15H15F2NO/c1-18-13(11-6-3-2-4-7-11)10-19-14-9-5-8-12(16)15(14)17/h2-9,13,18H,10H2,1H3.